The first-order chi connectivity index (χ1) is 9.62. The summed E-state index contributed by atoms with van der Waals surface area (Å²) < 4.78 is 12.4. The Kier molecular flexibility index (Phi) is 4.24. The Morgan fingerprint density at radius 3 is 2.55 bits per heavy atom. The molecule has 2 rings (SSSR count). The second kappa shape index (κ2) is 5.92. The molecule has 20 heavy (non-hydrogen) atoms. The molecule has 6 heteroatoms. The van der Waals surface area contributed by atoms with Gasteiger partial charge in [0.05, 0.1) is 33.1 Å². The Labute approximate surface area is 118 Å². The largest absolute Gasteiger partial charge is 0.493 e. The summed E-state index contributed by atoms with van der Waals surface area (Å²) in [6.07, 6.45) is 1.68. The number of hydrogen-bond acceptors (Lipinski definition) is 5. The van der Waals surface area contributed by atoms with E-state index in [0.29, 0.717) is 18.0 Å². The fourth-order valence-corrected chi connectivity index (χ4v) is 2.22. The van der Waals surface area contributed by atoms with E-state index in [0.717, 1.165) is 22.6 Å². The first-order valence-electron chi connectivity index (χ1n) is 6.32. The van der Waals surface area contributed by atoms with E-state index in [1.807, 2.05) is 18.5 Å². The minimum absolute atomic E-state index is 0.0136. The SMILES string of the molecule is COc1ccnc(Cn2nc(C)c(CO)c2C)c1OC. The van der Waals surface area contributed by atoms with Gasteiger partial charge in [0.25, 0.3) is 0 Å². The van der Waals surface area contributed by atoms with Crippen molar-refractivity contribution in [3.63, 3.8) is 0 Å². The highest BCUT2D eigenvalue weighted by atomic mass is 16.5. The number of aliphatic hydroxyl groups excluding tert-OH is 1. The standard InChI is InChI=1S/C14H19N3O3/c1-9-11(8-18)10(2)17(16-9)7-12-14(20-4)13(19-3)5-6-15-12/h5-6,18H,7-8H2,1-4H3. The van der Waals surface area contributed by atoms with Crippen LogP contribution < -0.4 is 9.47 Å². The van der Waals surface area contributed by atoms with Crippen LogP contribution in [0.4, 0.5) is 0 Å². The fourth-order valence-electron chi connectivity index (χ4n) is 2.22. The van der Waals surface area contributed by atoms with Crippen molar-refractivity contribution in [3.8, 4) is 11.5 Å². The summed E-state index contributed by atoms with van der Waals surface area (Å²) in [5.41, 5.74) is 3.34. The molecule has 0 aliphatic carbocycles. The highest BCUT2D eigenvalue weighted by Crippen LogP contribution is 2.29. The molecule has 0 atom stereocenters. The van der Waals surface area contributed by atoms with E-state index >= 15 is 0 Å². The minimum Gasteiger partial charge on any atom is -0.493 e. The van der Waals surface area contributed by atoms with Gasteiger partial charge in [-0.1, -0.05) is 0 Å². The van der Waals surface area contributed by atoms with Gasteiger partial charge in [-0.05, 0) is 13.8 Å². The van der Waals surface area contributed by atoms with E-state index in [9.17, 15) is 5.11 Å². The van der Waals surface area contributed by atoms with Crippen molar-refractivity contribution in [2.24, 2.45) is 0 Å². The van der Waals surface area contributed by atoms with Gasteiger partial charge in [0.15, 0.2) is 11.5 Å². The second-order valence-corrected chi connectivity index (χ2v) is 4.46. The van der Waals surface area contributed by atoms with Crippen molar-refractivity contribution in [3.05, 3.63) is 34.9 Å². The van der Waals surface area contributed by atoms with Gasteiger partial charge in [-0.3, -0.25) is 9.67 Å². The average molecular weight is 277 g/mol. The predicted molar refractivity (Wildman–Crippen MR) is 74.1 cm³/mol. The fraction of sp³-hybridized carbons (Fsp3) is 0.429. The Hall–Kier alpha value is -2.08. The number of rotatable bonds is 5. The zero-order valence-corrected chi connectivity index (χ0v) is 12.2. The maximum atomic E-state index is 9.35. The van der Waals surface area contributed by atoms with Gasteiger partial charge in [0.2, 0.25) is 0 Å². The van der Waals surface area contributed by atoms with Crippen molar-refractivity contribution in [1.82, 2.24) is 14.8 Å². The smallest absolute Gasteiger partial charge is 0.184 e. The van der Waals surface area contributed by atoms with Crippen molar-refractivity contribution in [1.29, 1.82) is 0 Å². The van der Waals surface area contributed by atoms with E-state index in [4.69, 9.17) is 9.47 Å². The highest BCUT2D eigenvalue weighted by Gasteiger charge is 2.15. The molecule has 6 nitrogen and oxygen atoms in total. The Morgan fingerprint density at radius 2 is 2.00 bits per heavy atom. The van der Waals surface area contributed by atoms with Gasteiger partial charge in [-0.2, -0.15) is 5.10 Å². The number of methoxy groups -OCH3 is 2. The van der Waals surface area contributed by atoms with Gasteiger partial charge in [-0.25, -0.2) is 0 Å². The summed E-state index contributed by atoms with van der Waals surface area (Å²) in [5.74, 6) is 1.24. The van der Waals surface area contributed by atoms with Crippen LogP contribution in [0.5, 0.6) is 11.5 Å². The lowest BCUT2D eigenvalue weighted by Crippen LogP contribution is -2.08. The van der Waals surface area contributed by atoms with Gasteiger partial charge < -0.3 is 14.6 Å². The predicted octanol–water partition coefficient (Wildman–Crippen LogP) is 1.45. The zero-order chi connectivity index (χ0) is 14.7. The normalized spacial score (nSPS) is 10.7. The third kappa shape index (κ3) is 2.46. The van der Waals surface area contributed by atoms with E-state index in [2.05, 4.69) is 10.1 Å². The lowest BCUT2D eigenvalue weighted by molar-refractivity contribution is 0.280. The molecular formula is C14H19N3O3. The molecule has 2 heterocycles. The third-order valence-corrected chi connectivity index (χ3v) is 3.36. The quantitative estimate of drug-likeness (QED) is 0.896. The van der Waals surface area contributed by atoms with Crippen molar-refractivity contribution in [2.75, 3.05) is 14.2 Å². The minimum atomic E-state index is -0.0136. The van der Waals surface area contributed by atoms with Gasteiger partial charge in [0, 0.05) is 23.5 Å². The zero-order valence-electron chi connectivity index (χ0n) is 12.2. The highest BCUT2D eigenvalue weighted by molar-refractivity contribution is 5.42. The molecule has 0 bridgehead atoms. The van der Waals surface area contributed by atoms with E-state index in [1.54, 1.807) is 26.5 Å². The summed E-state index contributed by atoms with van der Waals surface area (Å²) in [6, 6.07) is 1.75. The number of hydrogen-bond donors (Lipinski definition) is 1. The summed E-state index contributed by atoms with van der Waals surface area (Å²) in [7, 11) is 3.18. The van der Waals surface area contributed by atoms with Gasteiger partial charge >= 0.3 is 0 Å². The van der Waals surface area contributed by atoms with Crippen molar-refractivity contribution >= 4 is 0 Å². The molecule has 0 unspecified atom stereocenters. The molecule has 2 aromatic heterocycles. The monoisotopic (exact) mass is 277 g/mol. The lowest BCUT2D eigenvalue weighted by Gasteiger charge is -2.12. The molecule has 1 N–H and O–H groups in total. The van der Waals surface area contributed by atoms with E-state index in [-0.39, 0.29) is 6.61 Å². The number of pyridine rings is 1. The lowest BCUT2D eigenvalue weighted by atomic mass is 10.2. The van der Waals surface area contributed by atoms with Crippen LogP contribution in [0.25, 0.3) is 0 Å². The van der Waals surface area contributed by atoms with Crippen LogP contribution in [-0.4, -0.2) is 34.1 Å². The number of aromatic nitrogens is 3. The Morgan fingerprint density at radius 1 is 1.25 bits per heavy atom. The molecule has 0 saturated carbocycles. The average Bonchev–Trinajstić information content (AvgIpc) is 2.72. The molecule has 0 spiro atoms. The molecule has 108 valence electrons. The molecule has 0 aliphatic rings. The molecule has 0 aliphatic heterocycles. The molecule has 0 amide bonds. The number of nitrogens with zero attached hydrogens (tertiary/aromatic N) is 3. The van der Waals surface area contributed by atoms with Crippen LogP contribution >= 0.6 is 0 Å². The molecular weight excluding hydrogens is 258 g/mol. The molecule has 0 saturated heterocycles. The van der Waals surface area contributed by atoms with Gasteiger partial charge in [0.1, 0.15) is 5.69 Å². The summed E-state index contributed by atoms with van der Waals surface area (Å²) >= 11 is 0. The van der Waals surface area contributed by atoms with Crippen LogP contribution in [0.3, 0.4) is 0 Å². The topological polar surface area (TPSA) is 69.4 Å². The maximum Gasteiger partial charge on any atom is 0.184 e. The number of ether oxygens (including phenoxy) is 2. The van der Waals surface area contributed by atoms with Crippen LogP contribution in [0.1, 0.15) is 22.6 Å². The Bertz CT molecular complexity index is 608. The molecule has 0 aromatic carbocycles. The van der Waals surface area contributed by atoms with Crippen LogP contribution in [0, 0.1) is 13.8 Å². The number of aryl methyl sites for hydroxylation is 1. The maximum absolute atomic E-state index is 9.35. The number of aliphatic hydroxyl groups is 1. The third-order valence-electron chi connectivity index (χ3n) is 3.36. The summed E-state index contributed by atoms with van der Waals surface area (Å²) in [5, 5.41) is 13.8. The van der Waals surface area contributed by atoms with Crippen molar-refractivity contribution in [2.45, 2.75) is 27.0 Å². The molecule has 0 fully saturated rings. The first-order valence-corrected chi connectivity index (χ1v) is 6.32. The van der Waals surface area contributed by atoms with E-state index < -0.39 is 0 Å². The van der Waals surface area contributed by atoms with Crippen LogP contribution in [0.2, 0.25) is 0 Å². The van der Waals surface area contributed by atoms with Crippen LogP contribution in [-0.2, 0) is 13.2 Å². The van der Waals surface area contributed by atoms with E-state index in [1.165, 1.54) is 0 Å². The molecule has 0 radical (unpaired) electrons. The molecule has 2 aromatic rings. The van der Waals surface area contributed by atoms with Gasteiger partial charge in [-0.15, -0.1) is 0 Å². The Balaban J connectivity index is 2.40. The van der Waals surface area contributed by atoms with Crippen LogP contribution in [0.15, 0.2) is 12.3 Å². The second-order valence-electron chi connectivity index (χ2n) is 4.46. The summed E-state index contributed by atoms with van der Waals surface area (Å²) in [4.78, 5) is 4.33. The summed E-state index contributed by atoms with van der Waals surface area (Å²) in [6.45, 7) is 4.26. The first kappa shape index (κ1) is 14.3. The van der Waals surface area contributed by atoms with Crippen molar-refractivity contribution < 1.29 is 14.6 Å².